The Bertz CT molecular complexity index is 1020. The van der Waals surface area contributed by atoms with Gasteiger partial charge in [-0.3, -0.25) is 0 Å². The SMILES string of the molecule is COC(=O)/C(C#N)=C/c1ccc(OC(=O)C(C)Oc2ccc(Cl)cc2C)c(OC)c1. The Morgan fingerprint density at radius 1 is 1.10 bits per heavy atom. The predicted octanol–water partition coefficient (Wildman–Crippen LogP) is 4.11. The summed E-state index contributed by atoms with van der Waals surface area (Å²) < 4.78 is 20.9. The van der Waals surface area contributed by atoms with Crippen LogP contribution in [0.3, 0.4) is 0 Å². The molecule has 2 rings (SSSR count). The fourth-order valence-corrected chi connectivity index (χ4v) is 2.67. The van der Waals surface area contributed by atoms with E-state index >= 15 is 0 Å². The number of carbonyl (C=O) groups is 2. The molecule has 8 heteroatoms. The minimum absolute atomic E-state index is 0.166. The highest BCUT2D eigenvalue weighted by atomic mass is 35.5. The second-order valence-corrected chi connectivity index (χ2v) is 6.60. The van der Waals surface area contributed by atoms with Gasteiger partial charge in [0.25, 0.3) is 0 Å². The number of halogens is 1. The first-order valence-corrected chi connectivity index (χ1v) is 9.19. The van der Waals surface area contributed by atoms with E-state index in [4.69, 9.17) is 31.1 Å². The Morgan fingerprint density at radius 3 is 2.40 bits per heavy atom. The van der Waals surface area contributed by atoms with Gasteiger partial charge in [-0.2, -0.15) is 5.26 Å². The standard InChI is InChI=1S/C22H20ClNO6/c1-13-9-17(23)6-8-18(13)29-14(2)21(25)30-19-7-5-15(11-20(19)27-3)10-16(12-24)22(26)28-4/h5-11,14H,1-4H3/b16-10+. The van der Waals surface area contributed by atoms with Gasteiger partial charge in [-0.1, -0.05) is 17.7 Å². The van der Waals surface area contributed by atoms with Gasteiger partial charge in [0, 0.05) is 5.02 Å². The van der Waals surface area contributed by atoms with Crippen LogP contribution in [-0.4, -0.2) is 32.3 Å². The van der Waals surface area contributed by atoms with Crippen LogP contribution >= 0.6 is 11.6 Å². The Kier molecular flexibility index (Phi) is 7.84. The van der Waals surface area contributed by atoms with E-state index in [1.165, 1.54) is 32.4 Å². The van der Waals surface area contributed by atoms with Gasteiger partial charge in [-0.15, -0.1) is 0 Å². The normalized spacial score (nSPS) is 11.8. The van der Waals surface area contributed by atoms with Crippen molar-refractivity contribution in [3.63, 3.8) is 0 Å². The van der Waals surface area contributed by atoms with Crippen LogP contribution in [-0.2, 0) is 14.3 Å². The molecular formula is C22H20ClNO6. The molecule has 0 aliphatic heterocycles. The van der Waals surface area contributed by atoms with Crippen LogP contribution in [0.25, 0.3) is 6.08 Å². The lowest BCUT2D eigenvalue weighted by atomic mass is 10.1. The molecule has 0 amide bonds. The number of carbonyl (C=O) groups excluding carboxylic acids is 2. The number of ether oxygens (including phenoxy) is 4. The molecule has 156 valence electrons. The molecule has 7 nitrogen and oxygen atoms in total. The van der Waals surface area contributed by atoms with Crippen LogP contribution in [0.1, 0.15) is 18.1 Å². The maximum absolute atomic E-state index is 12.5. The summed E-state index contributed by atoms with van der Waals surface area (Å²) in [7, 11) is 2.59. The molecule has 2 aromatic carbocycles. The molecule has 1 unspecified atom stereocenters. The number of aryl methyl sites for hydroxylation is 1. The summed E-state index contributed by atoms with van der Waals surface area (Å²) in [6, 6.07) is 11.4. The number of esters is 2. The van der Waals surface area contributed by atoms with Gasteiger partial charge in [0.15, 0.2) is 17.6 Å². The molecule has 0 saturated carbocycles. The average molecular weight is 430 g/mol. The van der Waals surface area contributed by atoms with Crippen molar-refractivity contribution in [2.75, 3.05) is 14.2 Å². The first kappa shape index (κ1) is 22.8. The summed E-state index contributed by atoms with van der Waals surface area (Å²) in [5.41, 5.74) is 1.11. The molecule has 0 aromatic heterocycles. The highest BCUT2D eigenvalue weighted by Crippen LogP contribution is 2.30. The van der Waals surface area contributed by atoms with Crippen molar-refractivity contribution in [3.05, 3.63) is 58.1 Å². The van der Waals surface area contributed by atoms with Gasteiger partial charge in [0.2, 0.25) is 0 Å². The number of benzene rings is 2. The van der Waals surface area contributed by atoms with E-state index in [0.717, 1.165) is 5.56 Å². The van der Waals surface area contributed by atoms with Gasteiger partial charge in [0.1, 0.15) is 17.4 Å². The van der Waals surface area contributed by atoms with Crippen molar-refractivity contribution in [1.29, 1.82) is 5.26 Å². The minimum atomic E-state index is -0.890. The van der Waals surface area contributed by atoms with Crippen LogP contribution in [0.5, 0.6) is 17.2 Å². The number of hydrogen-bond donors (Lipinski definition) is 0. The molecule has 0 N–H and O–H groups in total. The fraction of sp³-hybridized carbons (Fsp3) is 0.227. The van der Waals surface area contributed by atoms with Crippen LogP contribution in [0.2, 0.25) is 5.02 Å². The molecule has 0 saturated heterocycles. The number of methoxy groups -OCH3 is 2. The quantitative estimate of drug-likeness (QED) is 0.283. The maximum atomic E-state index is 12.5. The molecule has 1 atom stereocenters. The first-order valence-electron chi connectivity index (χ1n) is 8.81. The van der Waals surface area contributed by atoms with E-state index in [9.17, 15) is 9.59 Å². The highest BCUT2D eigenvalue weighted by molar-refractivity contribution is 6.30. The largest absolute Gasteiger partial charge is 0.493 e. The third-order valence-electron chi connectivity index (χ3n) is 4.01. The molecular weight excluding hydrogens is 410 g/mol. The predicted molar refractivity (Wildman–Crippen MR) is 111 cm³/mol. The number of hydrogen-bond acceptors (Lipinski definition) is 7. The van der Waals surface area contributed by atoms with Crippen molar-refractivity contribution in [2.24, 2.45) is 0 Å². The lowest BCUT2D eigenvalue weighted by Crippen LogP contribution is -2.28. The summed E-state index contributed by atoms with van der Waals surface area (Å²) in [4.78, 5) is 24.0. The van der Waals surface area contributed by atoms with E-state index in [1.807, 2.05) is 6.92 Å². The lowest BCUT2D eigenvalue weighted by molar-refractivity contribution is -0.141. The van der Waals surface area contributed by atoms with Crippen LogP contribution in [0, 0.1) is 18.3 Å². The number of rotatable bonds is 7. The van der Waals surface area contributed by atoms with Crippen LogP contribution in [0.15, 0.2) is 42.0 Å². The monoisotopic (exact) mass is 429 g/mol. The number of nitriles is 1. The Morgan fingerprint density at radius 2 is 1.80 bits per heavy atom. The Hall–Kier alpha value is -3.50. The zero-order chi connectivity index (χ0) is 22.3. The molecule has 0 radical (unpaired) electrons. The lowest BCUT2D eigenvalue weighted by Gasteiger charge is -2.16. The van der Waals surface area contributed by atoms with Crippen molar-refractivity contribution in [2.45, 2.75) is 20.0 Å². The Balaban J connectivity index is 2.17. The summed E-state index contributed by atoms with van der Waals surface area (Å²) in [5.74, 6) is -0.453. The zero-order valence-corrected chi connectivity index (χ0v) is 17.6. The molecule has 0 fully saturated rings. The molecule has 2 aromatic rings. The van der Waals surface area contributed by atoms with Gasteiger partial charge in [-0.05, 0) is 61.4 Å². The summed E-state index contributed by atoms with van der Waals surface area (Å²) in [6.07, 6.45) is 0.452. The van der Waals surface area contributed by atoms with E-state index in [2.05, 4.69) is 4.74 Å². The summed E-state index contributed by atoms with van der Waals surface area (Å²) in [5, 5.41) is 9.63. The van der Waals surface area contributed by atoms with Crippen molar-refractivity contribution >= 4 is 29.6 Å². The molecule has 0 heterocycles. The number of nitrogens with zero attached hydrogens (tertiary/aromatic N) is 1. The van der Waals surface area contributed by atoms with E-state index in [0.29, 0.717) is 16.3 Å². The minimum Gasteiger partial charge on any atom is -0.493 e. The van der Waals surface area contributed by atoms with Crippen molar-refractivity contribution in [1.82, 2.24) is 0 Å². The van der Waals surface area contributed by atoms with Gasteiger partial charge < -0.3 is 18.9 Å². The smallest absolute Gasteiger partial charge is 0.352 e. The maximum Gasteiger partial charge on any atom is 0.352 e. The summed E-state index contributed by atoms with van der Waals surface area (Å²) >= 11 is 5.93. The molecule has 0 aliphatic carbocycles. The highest BCUT2D eigenvalue weighted by Gasteiger charge is 2.20. The van der Waals surface area contributed by atoms with Gasteiger partial charge >= 0.3 is 11.9 Å². The second-order valence-electron chi connectivity index (χ2n) is 6.16. The topological polar surface area (TPSA) is 94.9 Å². The van der Waals surface area contributed by atoms with Crippen molar-refractivity contribution < 1.29 is 28.5 Å². The summed E-state index contributed by atoms with van der Waals surface area (Å²) in [6.45, 7) is 3.38. The second kappa shape index (κ2) is 10.3. The first-order chi connectivity index (χ1) is 14.3. The van der Waals surface area contributed by atoms with Gasteiger partial charge in [0.05, 0.1) is 14.2 Å². The van der Waals surface area contributed by atoms with Crippen LogP contribution in [0.4, 0.5) is 0 Å². The van der Waals surface area contributed by atoms with Crippen LogP contribution < -0.4 is 14.2 Å². The van der Waals surface area contributed by atoms with E-state index in [1.54, 1.807) is 37.3 Å². The molecule has 0 aliphatic rings. The van der Waals surface area contributed by atoms with E-state index < -0.39 is 18.0 Å². The molecule has 0 bridgehead atoms. The third-order valence-corrected chi connectivity index (χ3v) is 4.24. The average Bonchev–Trinajstić information content (AvgIpc) is 2.74. The molecule has 0 spiro atoms. The van der Waals surface area contributed by atoms with Gasteiger partial charge in [-0.25, -0.2) is 9.59 Å². The zero-order valence-electron chi connectivity index (χ0n) is 16.9. The Labute approximate surface area is 179 Å². The van der Waals surface area contributed by atoms with Crippen molar-refractivity contribution in [3.8, 4) is 23.3 Å². The fourth-order valence-electron chi connectivity index (χ4n) is 2.45. The molecule has 30 heavy (non-hydrogen) atoms. The van der Waals surface area contributed by atoms with E-state index in [-0.39, 0.29) is 17.1 Å². The third kappa shape index (κ3) is 5.75.